The van der Waals surface area contributed by atoms with Gasteiger partial charge in [-0.3, -0.25) is 14.6 Å². The van der Waals surface area contributed by atoms with E-state index in [1.165, 1.54) is 12.8 Å². The Morgan fingerprint density at radius 1 is 1.00 bits per heavy atom. The minimum absolute atomic E-state index is 0.0318. The van der Waals surface area contributed by atoms with E-state index in [0.29, 0.717) is 32.8 Å². The molecule has 1 aromatic heterocycles. The number of allylic oxidation sites excluding steroid dienone is 5. The Balaban J connectivity index is 1.20. The molecule has 0 N–H and O–H groups in total. The van der Waals surface area contributed by atoms with Gasteiger partial charge in [-0.05, 0) is 54.8 Å². The SMILES string of the molecule is O=C(COCc1cccnc1)N1CCN(C(=O)C2=CCC=C(/C=C/N3CCCC3)C=C2)CC1. The predicted molar refractivity (Wildman–Crippen MR) is 127 cm³/mol. The first-order valence-electron chi connectivity index (χ1n) is 11.7. The molecule has 0 bridgehead atoms. The summed E-state index contributed by atoms with van der Waals surface area (Å²) in [5.41, 5.74) is 2.78. The zero-order valence-electron chi connectivity index (χ0n) is 19.1. The Hall–Kier alpha value is -3.19. The van der Waals surface area contributed by atoms with Gasteiger partial charge >= 0.3 is 0 Å². The number of likely N-dealkylation sites (tertiary alicyclic amines) is 1. The molecule has 7 nitrogen and oxygen atoms in total. The van der Waals surface area contributed by atoms with Crippen LogP contribution in [0.5, 0.6) is 0 Å². The molecular weight excluding hydrogens is 416 g/mol. The Morgan fingerprint density at radius 3 is 2.55 bits per heavy atom. The third kappa shape index (κ3) is 6.65. The van der Waals surface area contributed by atoms with Crippen LogP contribution in [-0.4, -0.2) is 77.4 Å². The first kappa shape index (κ1) is 23.0. The van der Waals surface area contributed by atoms with E-state index in [4.69, 9.17) is 4.74 Å². The zero-order valence-corrected chi connectivity index (χ0v) is 19.1. The maximum absolute atomic E-state index is 13.0. The van der Waals surface area contributed by atoms with Gasteiger partial charge in [-0.25, -0.2) is 0 Å². The summed E-state index contributed by atoms with van der Waals surface area (Å²) in [7, 11) is 0. The van der Waals surface area contributed by atoms with Gasteiger partial charge in [-0.1, -0.05) is 24.3 Å². The summed E-state index contributed by atoms with van der Waals surface area (Å²) in [5, 5.41) is 0. The van der Waals surface area contributed by atoms with E-state index in [9.17, 15) is 9.59 Å². The van der Waals surface area contributed by atoms with Crippen LogP contribution in [0.1, 0.15) is 24.8 Å². The Kier molecular flexibility index (Phi) is 8.09. The minimum Gasteiger partial charge on any atom is -0.377 e. The molecule has 2 aliphatic heterocycles. The highest BCUT2D eigenvalue weighted by Gasteiger charge is 2.25. The molecule has 0 unspecified atom stereocenters. The molecular formula is C26H32N4O3. The molecule has 4 rings (SSSR count). The quantitative estimate of drug-likeness (QED) is 0.642. The van der Waals surface area contributed by atoms with Crippen LogP contribution in [-0.2, 0) is 20.9 Å². The van der Waals surface area contributed by atoms with Crippen molar-refractivity contribution < 1.29 is 14.3 Å². The molecule has 0 radical (unpaired) electrons. The number of carbonyl (C=O) groups is 2. The fraction of sp³-hybridized carbons (Fsp3) is 0.423. The largest absolute Gasteiger partial charge is 0.377 e. The average Bonchev–Trinajstić information content (AvgIpc) is 3.27. The van der Waals surface area contributed by atoms with E-state index in [1.807, 2.05) is 35.3 Å². The summed E-state index contributed by atoms with van der Waals surface area (Å²) in [5.74, 6) is -0.0115. The maximum Gasteiger partial charge on any atom is 0.253 e. The molecule has 2 fully saturated rings. The fourth-order valence-corrected chi connectivity index (χ4v) is 4.18. The molecule has 2 amide bonds. The highest BCUT2D eigenvalue weighted by Crippen LogP contribution is 2.16. The lowest BCUT2D eigenvalue weighted by Crippen LogP contribution is -2.51. The molecule has 2 saturated heterocycles. The van der Waals surface area contributed by atoms with Crippen molar-refractivity contribution in [1.82, 2.24) is 19.7 Å². The minimum atomic E-state index is -0.0433. The number of amides is 2. The van der Waals surface area contributed by atoms with Gasteiger partial charge in [-0.15, -0.1) is 0 Å². The van der Waals surface area contributed by atoms with Crippen LogP contribution in [0.4, 0.5) is 0 Å². The Labute approximate surface area is 195 Å². The van der Waals surface area contributed by atoms with Crippen molar-refractivity contribution in [2.24, 2.45) is 0 Å². The van der Waals surface area contributed by atoms with E-state index in [0.717, 1.165) is 36.2 Å². The number of carbonyl (C=O) groups excluding carboxylic acids is 2. The normalized spacial score (nSPS) is 19.0. The molecule has 0 saturated carbocycles. The van der Waals surface area contributed by atoms with Crippen molar-refractivity contribution >= 4 is 11.8 Å². The fourth-order valence-electron chi connectivity index (χ4n) is 4.18. The summed E-state index contributed by atoms with van der Waals surface area (Å²) in [4.78, 5) is 35.4. The predicted octanol–water partition coefficient (Wildman–Crippen LogP) is 2.69. The molecule has 1 aliphatic carbocycles. The summed E-state index contributed by atoms with van der Waals surface area (Å²) >= 11 is 0. The highest BCUT2D eigenvalue weighted by molar-refractivity contribution is 5.96. The third-order valence-electron chi connectivity index (χ3n) is 6.15. The van der Waals surface area contributed by atoms with E-state index in [1.54, 1.807) is 17.3 Å². The summed E-state index contributed by atoms with van der Waals surface area (Å²) in [6.45, 7) is 4.78. The highest BCUT2D eigenvalue weighted by atomic mass is 16.5. The lowest BCUT2D eigenvalue weighted by molar-refractivity contribution is -0.141. The van der Waals surface area contributed by atoms with Gasteiger partial charge in [0.05, 0.1) is 6.61 Å². The number of rotatable bonds is 7. The van der Waals surface area contributed by atoms with E-state index in [2.05, 4.69) is 28.2 Å². The molecule has 7 heteroatoms. The van der Waals surface area contributed by atoms with Crippen LogP contribution >= 0.6 is 0 Å². The smallest absolute Gasteiger partial charge is 0.253 e. The summed E-state index contributed by atoms with van der Waals surface area (Å²) in [6.07, 6.45) is 19.0. The topological polar surface area (TPSA) is 66.0 Å². The molecule has 3 aliphatic rings. The monoisotopic (exact) mass is 448 g/mol. The van der Waals surface area contributed by atoms with Gasteiger partial charge < -0.3 is 19.4 Å². The number of hydrogen-bond acceptors (Lipinski definition) is 5. The molecule has 0 atom stereocenters. The van der Waals surface area contributed by atoms with Crippen molar-refractivity contribution in [1.29, 1.82) is 0 Å². The standard InChI is InChI=1S/C26H32N4O3/c31-25(21-33-20-23-6-4-11-27-19-23)29-15-17-30(18-16-29)26(32)24-7-3-5-22(8-9-24)10-14-28-12-1-2-13-28/h4-11,14,19H,1-3,12-13,15-18,20-21H2/b14-10+. The summed E-state index contributed by atoms with van der Waals surface area (Å²) in [6, 6.07) is 3.76. The molecule has 33 heavy (non-hydrogen) atoms. The van der Waals surface area contributed by atoms with Crippen LogP contribution in [0.15, 0.2) is 72.3 Å². The molecule has 0 spiro atoms. The molecule has 174 valence electrons. The van der Waals surface area contributed by atoms with Gasteiger partial charge in [0.15, 0.2) is 0 Å². The second-order valence-electron chi connectivity index (χ2n) is 8.52. The van der Waals surface area contributed by atoms with Gasteiger partial charge in [0.1, 0.15) is 6.61 Å². The van der Waals surface area contributed by atoms with Crippen LogP contribution in [0.25, 0.3) is 0 Å². The number of hydrogen-bond donors (Lipinski definition) is 0. The van der Waals surface area contributed by atoms with Gasteiger partial charge in [0.25, 0.3) is 5.91 Å². The number of ether oxygens (including phenoxy) is 1. The van der Waals surface area contributed by atoms with E-state index < -0.39 is 0 Å². The maximum atomic E-state index is 13.0. The zero-order chi connectivity index (χ0) is 22.9. The molecule has 1 aromatic rings. The second-order valence-corrected chi connectivity index (χ2v) is 8.52. The number of piperazine rings is 1. The van der Waals surface area contributed by atoms with Crippen LogP contribution in [0.2, 0.25) is 0 Å². The van der Waals surface area contributed by atoms with Crippen molar-refractivity contribution in [2.45, 2.75) is 25.9 Å². The lowest BCUT2D eigenvalue weighted by Gasteiger charge is -2.35. The number of aromatic nitrogens is 1. The van der Waals surface area contributed by atoms with Crippen molar-refractivity contribution in [3.63, 3.8) is 0 Å². The molecule has 3 heterocycles. The van der Waals surface area contributed by atoms with Gasteiger partial charge in [0, 0.05) is 57.2 Å². The number of pyridine rings is 1. The van der Waals surface area contributed by atoms with Crippen LogP contribution < -0.4 is 0 Å². The van der Waals surface area contributed by atoms with Crippen molar-refractivity contribution in [3.8, 4) is 0 Å². The average molecular weight is 449 g/mol. The van der Waals surface area contributed by atoms with Gasteiger partial charge in [-0.2, -0.15) is 0 Å². The second kappa shape index (κ2) is 11.6. The number of nitrogens with zero attached hydrogens (tertiary/aromatic N) is 4. The van der Waals surface area contributed by atoms with E-state index >= 15 is 0 Å². The van der Waals surface area contributed by atoms with Crippen LogP contribution in [0.3, 0.4) is 0 Å². The van der Waals surface area contributed by atoms with Crippen molar-refractivity contribution in [2.75, 3.05) is 45.9 Å². The first-order chi connectivity index (χ1) is 16.2. The first-order valence-corrected chi connectivity index (χ1v) is 11.7. The Bertz CT molecular complexity index is 938. The van der Waals surface area contributed by atoms with Crippen molar-refractivity contribution in [3.05, 3.63) is 77.8 Å². The van der Waals surface area contributed by atoms with Crippen LogP contribution in [0, 0.1) is 0 Å². The lowest BCUT2D eigenvalue weighted by atomic mass is 10.1. The van der Waals surface area contributed by atoms with E-state index in [-0.39, 0.29) is 18.4 Å². The Morgan fingerprint density at radius 2 is 1.79 bits per heavy atom. The third-order valence-corrected chi connectivity index (χ3v) is 6.15. The van der Waals surface area contributed by atoms with Gasteiger partial charge in [0.2, 0.25) is 5.91 Å². The molecule has 0 aromatic carbocycles. The summed E-state index contributed by atoms with van der Waals surface area (Å²) < 4.78 is 5.54.